The van der Waals surface area contributed by atoms with Crippen LogP contribution in [0.5, 0.6) is 0 Å². The van der Waals surface area contributed by atoms with Gasteiger partial charge in [0.15, 0.2) is 0 Å². The molecule has 0 aliphatic carbocycles. The van der Waals surface area contributed by atoms with Gasteiger partial charge in [-0.25, -0.2) is 17.9 Å². The number of hydrogen-bond acceptors (Lipinski definition) is 6. The highest BCUT2D eigenvalue weighted by atomic mass is 32.2. The fourth-order valence-corrected chi connectivity index (χ4v) is 3.61. The van der Waals surface area contributed by atoms with E-state index in [9.17, 15) is 13.2 Å². The highest BCUT2D eigenvalue weighted by Crippen LogP contribution is 2.28. The molecule has 1 aromatic heterocycles. The van der Waals surface area contributed by atoms with E-state index in [1.54, 1.807) is 13.8 Å². The van der Waals surface area contributed by atoms with E-state index < -0.39 is 21.5 Å². The van der Waals surface area contributed by atoms with Gasteiger partial charge in [-0.3, -0.25) is 0 Å². The fraction of sp³-hybridized carbons (Fsp3) is 0.583. The smallest absolute Gasteiger partial charge is 0.342 e. The first kappa shape index (κ1) is 16.7. The van der Waals surface area contributed by atoms with Gasteiger partial charge in [0, 0.05) is 12.1 Å². The molecule has 0 aliphatic rings. The standard InChI is InChI=1S/C12H20N2O5S/c1-7-9(11(15)18-5)10(8(2)19-7)20(16,17)14-12(3,4)6-13/h14H,6,13H2,1-5H3. The summed E-state index contributed by atoms with van der Waals surface area (Å²) >= 11 is 0. The number of nitrogens with one attached hydrogen (secondary N) is 1. The van der Waals surface area contributed by atoms with E-state index in [-0.39, 0.29) is 28.5 Å². The van der Waals surface area contributed by atoms with Crippen molar-refractivity contribution in [2.75, 3.05) is 13.7 Å². The minimum Gasteiger partial charge on any atom is -0.465 e. The highest BCUT2D eigenvalue weighted by molar-refractivity contribution is 7.89. The second-order valence-electron chi connectivity index (χ2n) is 5.10. The summed E-state index contributed by atoms with van der Waals surface area (Å²) < 4.78 is 37.2. The van der Waals surface area contributed by atoms with Crippen molar-refractivity contribution in [2.45, 2.75) is 38.1 Å². The summed E-state index contributed by atoms with van der Waals surface area (Å²) in [5.74, 6) is -0.436. The van der Waals surface area contributed by atoms with Crippen molar-refractivity contribution < 1.29 is 22.4 Å². The SMILES string of the molecule is COC(=O)c1c(C)oc(C)c1S(=O)(=O)NC(C)(C)CN. The summed E-state index contributed by atoms with van der Waals surface area (Å²) in [6, 6.07) is 0. The molecule has 1 heterocycles. The third kappa shape index (κ3) is 3.20. The number of esters is 1. The fourth-order valence-electron chi connectivity index (χ4n) is 1.78. The molecule has 0 bridgehead atoms. The zero-order valence-electron chi connectivity index (χ0n) is 12.2. The average Bonchev–Trinajstić information content (AvgIpc) is 2.62. The Morgan fingerprint density at radius 3 is 2.35 bits per heavy atom. The van der Waals surface area contributed by atoms with Crippen LogP contribution in [0, 0.1) is 13.8 Å². The quantitative estimate of drug-likeness (QED) is 0.774. The number of carbonyl (C=O) groups excluding carboxylic acids is 1. The molecule has 1 aromatic rings. The van der Waals surface area contributed by atoms with E-state index >= 15 is 0 Å². The van der Waals surface area contributed by atoms with Crippen molar-refractivity contribution in [3.05, 3.63) is 17.1 Å². The first-order valence-corrected chi connectivity index (χ1v) is 7.46. The van der Waals surface area contributed by atoms with Crippen LogP contribution in [0.3, 0.4) is 0 Å². The number of ether oxygens (including phenoxy) is 1. The Labute approximate surface area is 118 Å². The lowest BCUT2D eigenvalue weighted by atomic mass is 10.1. The first-order chi connectivity index (χ1) is 9.05. The van der Waals surface area contributed by atoms with Gasteiger partial charge in [0.05, 0.1) is 7.11 Å². The molecule has 20 heavy (non-hydrogen) atoms. The van der Waals surface area contributed by atoms with Gasteiger partial charge in [0.2, 0.25) is 10.0 Å². The van der Waals surface area contributed by atoms with Crippen molar-refractivity contribution in [1.82, 2.24) is 4.72 Å². The lowest BCUT2D eigenvalue weighted by Crippen LogP contribution is -2.49. The number of aryl methyl sites for hydroxylation is 2. The molecule has 0 fully saturated rings. The van der Waals surface area contributed by atoms with Crippen LogP contribution in [0.2, 0.25) is 0 Å². The lowest BCUT2D eigenvalue weighted by Gasteiger charge is -2.23. The second-order valence-corrected chi connectivity index (χ2v) is 6.72. The molecule has 0 spiro atoms. The van der Waals surface area contributed by atoms with Crippen LogP contribution in [-0.2, 0) is 14.8 Å². The predicted octanol–water partition coefficient (Wildman–Crippen LogP) is 0.699. The van der Waals surface area contributed by atoms with Crippen LogP contribution in [-0.4, -0.2) is 33.6 Å². The minimum absolute atomic E-state index is 0.0923. The Hall–Kier alpha value is -1.38. The summed E-state index contributed by atoms with van der Waals surface area (Å²) in [4.78, 5) is 11.5. The van der Waals surface area contributed by atoms with Gasteiger partial charge in [-0.2, -0.15) is 0 Å². The van der Waals surface area contributed by atoms with E-state index in [0.29, 0.717) is 0 Å². The summed E-state index contributed by atoms with van der Waals surface area (Å²) in [6.07, 6.45) is 0. The zero-order valence-corrected chi connectivity index (χ0v) is 13.1. The Morgan fingerprint density at radius 2 is 1.90 bits per heavy atom. The van der Waals surface area contributed by atoms with Gasteiger partial charge < -0.3 is 14.9 Å². The topological polar surface area (TPSA) is 112 Å². The van der Waals surface area contributed by atoms with E-state index in [1.807, 2.05) is 0 Å². The van der Waals surface area contributed by atoms with E-state index in [0.717, 1.165) is 0 Å². The van der Waals surface area contributed by atoms with Gasteiger partial charge in [0.25, 0.3) is 0 Å². The summed E-state index contributed by atoms with van der Waals surface area (Å²) in [6.45, 7) is 6.38. The maximum absolute atomic E-state index is 12.4. The van der Waals surface area contributed by atoms with Crippen molar-refractivity contribution in [3.63, 3.8) is 0 Å². The number of rotatable bonds is 5. The van der Waals surface area contributed by atoms with Crippen LogP contribution in [0.4, 0.5) is 0 Å². The van der Waals surface area contributed by atoms with E-state index in [2.05, 4.69) is 9.46 Å². The van der Waals surface area contributed by atoms with Gasteiger partial charge in [-0.1, -0.05) is 0 Å². The third-order valence-electron chi connectivity index (χ3n) is 2.78. The molecule has 8 heteroatoms. The molecule has 7 nitrogen and oxygen atoms in total. The Bertz CT molecular complexity index is 616. The highest BCUT2D eigenvalue weighted by Gasteiger charge is 2.34. The van der Waals surface area contributed by atoms with Crippen molar-refractivity contribution in [2.24, 2.45) is 5.73 Å². The summed E-state index contributed by atoms with van der Waals surface area (Å²) in [5.41, 5.74) is 4.58. The number of furan rings is 1. The molecule has 0 unspecified atom stereocenters. The molecule has 114 valence electrons. The number of carbonyl (C=O) groups is 1. The maximum Gasteiger partial charge on any atom is 0.342 e. The number of nitrogens with two attached hydrogens (primary N) is 1. The van der Waals surface area contributed by atoms with Gasteiger partial charge in [0.1, 0.15) is 22.0 Å². The van der Waals surface area contributed by atoms with Crippen molar-refractivity contribution in [1.29, 1.82) is 0 Å². The van der Waals surface area contributed by atoms with E-state index in [4.69, 9.17) is 10.2 Å². The molecule has 0 saturated carbocycles. The van der Waals surface area contributed by atoms with Crippen LogP contribution in [0.15, 0.2) is 9.31 Å². The van der Waals surface area contributed by atoms with Crippen LogP contribution >= 0.6 is 0 Å². The number of hydrogen-bond donors (Lipinski definition) is 2. The minimum atomic E-state index is -3.95. The molecule has 0 aromatic carbocycles. The molecule has 0 aliphatic heterocycles. The van der Waals surface area contributed by atoms with Crippen LogP contribution in [0.1, 0.15) is 35.7 Å². The monoisotopic (exact) mass is 304 g/mol. The summed E-state index contributed by atoms with van der Waals surface area (Å²) in [5, 5.41) is 0. The number of sulfonamides is 1. The predicted molar refractivity (Wildman–Crippen MR) is 73.0 cm³/mol. The largest absolute Gasteiger partial charge is 0.465 e. The summed E-state index contributed by atoms with van der Waals surface area (Å²) in [7, 11) is -2.77. The van der Waals surface area contributed by atoms with Gasteiger partial charge in [-0.15, -0.1) is 0 Å². The molecule has 3 N–H and O–H groups in total. The Kier molecular flexibility index (Phi) is 4.62. The molecule has 0 radical (unpaired) electrons. The third-order valence-corrected chi connectivity index (χ3v) is 4.63. The lowest BCUT2D eigenvalue weighted by molar-refractivity contribution is 0.0594. The second kappa shape index (κ2) is 5.55. The molecule has 0 saturated heterocycles. The Balaban J connectivity index is 3.43. The van der Waals surface area contributed by atoms with Crippen LogP contribution in [0.25, 0.3) is 0 Å². The van der Waals surface area contributed by atoms with Crippen molar-refractivity contribution in [3.8, 4) is 0 Å². The maximum atomic E-state index is 12.4. The van der Waals surface area contributed by atoms with Crippen LogP contribution < -0.4 is 10.5 Å². The average molecular weight is 304 g/mol. The molecule has 0 atom stereocenters. The normalized spacial score (nSPS) is 12.5. The molecule has 0 amide bonds. The molecule has 1 rings (SSSR count). The van der Waals surface area contributed by atoms with E-state index in [1.165, 1.54) is 21.0 Å². The first-order valence-electron chi connectivity index (χ1n) is 5.98. The zero-order chi connectivity index (χ0) is 15.7. The van der Waals surface area contributed by atoms with Crippen molar-refractivity contribution >= 4 is 16.0 Å². The Morgan fingerprint density at radius 1 is 1.35 bits per heavy atom. The molecular weight excluding hydrogens is 284 g/mol. The molecular formula is C12H20N2O5S. The van der Waals surface area contributed by atoms with Gasteiger partial charge >= 0.3 is 5.97 Å². The van der Waals surface area contributed by atoms with Gasteiger partial charge in [-0.05, 0) is 27.7 Å². The number of methoxy groups -OCH3 is 1.